The van der Waals surface area contributed by atoms with Crippen LogP contribution in [0, 0.1) is 0 Å². The van der Waals surface area contributed by atoms with E-state index in [2.05, 4.69) is 19.9 Å². The summed E-state index contributed by atoms with van der Waals surface area (Å²) in [6.45, 7) is 0. The van der Waals surface area contributed by atoms with Crippen LogP contribution in [-0.2, 0) is 17.1 Å². The van der Waals surface area contributed by atoms with Crippen LogP contribution in [0.5, 0.6) is 0 Å². The second-order valence-corrected chi connectivity index (χ2v) is 10.5. The van der Waals surface area contributed by atoms with Crippen LogP contribution in [0.25, 0.3) is 66.4 Å². The number of carboxylic acids is 2. The number of pyridine rings is 4. The fraction of sp³-hybridized carbons (Fsp3) is 0. The molecule has 4 aromatic carbocycles. The Labute approximate surface area is 278 Å². The van der Waals surface area contributed by atoms with Gasteiger partial charge >= 0.3 is 11.9 Å². The molecule has 0 aliphatic carbocycles. The van der Waals surface area contributed by atoms with Crippen LogP contribution < -0.4 is 0 Å². The van der Waals surface area contributed by atoms with Crippen molar-refractivity contribution in [3.8, 4) is 22.8 Å². The van der Waals surface area contributed by atoms with Gasteiger partial charge in [0, 0.05) is 38.6 Å². The molecular weight excluding hydrogens is 640 g/mol. The number of carboxylic acid groups (broad SMARTS) is 2. The molecule has 47 heavy (non-hydrogen) atoms. The fourth-order valence-electron chi connectivity index (χ4n) is 5.34. The van der Waals surface area contributed by atoms with Crippen LogP contribution in [0.15, 0.2) is 133 Å². The summed E-state index contributed by atoms with van der Waals surface area (Å²) in [5.41, 5.74) is 5.36. The molecule has 0 saturated heterocycles. The quantitative estimate of drug-likeness (QED) is 0.180. The molecule has 0 spiro atoms. The third-order valence-electron chi connectivity index (χ3n) is 7.59. The summed E-state index contributed by atoms with van der Waals surface area (Å²) < 4.78 is 0. The van der Waals surface area contributed by atoms with Crippen molar-refractivity contribution in [2.45, 2.75) is 0 Å². The number of nitrogens with zero attached hydrogens (tertiary/aromatic N) is 4. The summed E-state index contributed by atoms with van der Waals surface area (Å²) in [6, 6.07) is 41.2. The summed E-state index contributed by atoms with van der Waals surface area (Å²) in [6.07, 6.45) is 0. The van der Waals surface area contributed by atoms with Gasteiger partial charge in [0.2, 0.25) is 0 Å². The number of para-hydroxylation sites is 4. The van der Waals surface area contributed by atoms with Crippen molar-refractivity contribution < 1.29 is 36.9 Å². The number of carbonyl (C=O) groups is 2. The maximum absolute atomic E-state index is 11.6. The van der Waals surface area contributed by atoms with Crippen LogP contribution in [0.2, 0.25) is 0 Å². The van der Waals surface area contributed by atoms with Crippen LogP contribution in [0.3, 0.4) is 0 Å². The molecule has 0 amide bonds. The van der Waals surface area contributed by atoms with Gasteiger partial charge in [0.1, 0.15) is 11.4 Å². The molecule has 8 nitrogen and oxygen atoms in total. The molecule has 8 rings (SSSR count). The first-order valence-corrected chi connectivity index (χ1v) is 14.4. The number of aromatic carboxylic acids is 2. The van der Waals surface area contributed by atoms with Gasteiger partial charge < -0.3 is 10.2 Å². The normalized spacial score (nSPS) is 10.7. The third-order valence-corrected chi connectivity index (χ3v) is 7.59. The standard InChI is InChI=1S/2C19H12N2O2.Cu/c2*22-19(23)14-11-13-6-2-4-8-16(13)21-18(14)17-10-9-12-5-1-3-7-15(12)20-17;/h2*1-11H,(H,22,23);. The van der Waals surface area contributed by atoms with E-state index < -0.39 is 11.9 Å². The molecule has 1 radical (unpaired) electrons. The number of benzene rings is 4. The average molecular weight is 664 g/mol. The fourth-order valence-corrected chi connectivity index (χ4v) is 5.34. The second-order valence-electron chi connectivity index (χ2n) is 10.5. The number of rotatable bonds is 4. The van der Waals surface area contributed by atoms with Crippen LogP contribution in [0.4, 0.5) is 0 Å². The monoisotopic (exact) mass is 663 g/mol. The van der Waals surface area contributed by atoms with E-state index in [1.165, 1.54) is 0 Å². The first-order chi connectivity index (χ1) is 22.4. The molecule has 2 N–H and O–H groups in total. The summed E-state index contributed by atoms with van der Waals surface area (Å²) in [7, 11) is 0. The van der Waals surface area contributed by atoms with E-state index in [-0.39, 0.29) is 28.2 Å². The van der Waals surface area contributed by atoms with E-state index in [9.17, 15) is 19.8 Å². The molecule has 8 aromatic rings. The van der Waals surface area contributed by atoms with Gasteiger partial charge in [-0.25, -0.2) is 29.5 Å². The minimum atomic E-state index is -1.01. The van der Waals surface area contributed by atoms with Gasteiger partial charge in [-0.15, -0.1) is 0 Å². The summed E-state index contributed by atoms with van der Waals surface area (Å²) in [5.74, 6) is -2.01. The van der Waals surface area contributed by atoms with E-state index in [0.29, 0.717) is 22.8 Å². The SMILES string of the molecule is O=C(O)c1cc2ccccc2nc1-c1ccc2ccccc2n1.O=C(O)c1cc2ccccc2nc1-c1ccc2ccccc2n1.[Cu]. The summed E-state index contributed by atoms with van der Waals surface area (Å²) in [5, 5.41) is 22.7. The van der Waals surface area contributed by atoms with E-state index in [1.54, 1.807) is 12.1 Å². The zero-order valence-corrected chi connectivity index (χ0v) is 25.4. The third kappa shape index (κ3) is 6.26. The van der Waals surface area contributed by atoms with Crippen LogP contribution in [-0.4, -0.2) is 42.1 Å². The molecule has 0 atom stereocenters. The smallest absolute Gasteiger partial charge is 0.338 e. The van der Waals surface area contributed by atoms with Crippen molar-refractivity contribution in [3.63, 3.8) is 0 Å². The predicted octanol–water partition coefficient (Wildman–Crippen LogP) is 8.29. The van der Waals surface area contributed by atoms with E-state index in [1.807, 2.05) is 121 Å². The molecule has 0 bridgehead atoms. The maximum atomic E-state index is 11.6. The van der Waals surface area contributed by atoms with Crippen molar-refractivity contribution in [2.75, 3.05) is 0 Å². The molecule has 0 aliphatic rings. The number of fused-ring (bicyclic) bond motifs is 4. The van der Waals surface area contributed by atoms with Crippen molar-refractivity contribution in [3.05, 3.63) is 145 Å². The van der Waals surface area contributed by atoms with Crippen molar-refractivity contribution in [2.24, 2.45) is 0 Å². The van der Waals surface area contributed by atoms with Crippen LogP contribution >= 0.6 is 0 Å². The average Bonchev–Trinajstić information content (AvgIpc) is 3.10. The Kier molecular flexibility index (Phi) is 8.66. The molecule has 0 fully saturated rings. The van der Waals surface area contributed by atoms with Gasteiger partial charge in [-0.1, -0.05) is 84.9 Å². The molecule has 4 aromatic heterocycles. The molecular formula is C38H24CuN4O4. The summed E-state index contributed by atoms with van der Waals surface area (Å²) >= 11 is 0. The molecule has 231 valence electrons. The van der Waals surface area contributed by atoms with Gasteiger partial charge in [-0.2, -0.15) is 0 Å². The molecule has 0 saturated carbocycles. The molecule has 0 aliphatic heterocycles. The Balaban J connectivity index is 0.000000161. The molecule has 0 unspecified atom stereocenters. The zero-order valence-electron chi connectivity index (χ0n) is 24.5. The largest absolute Gasteiger partial charge is 0.478 e. The Morgan fingerprint density at radius 2 is 0.723 bits per heavy atom. The first kappa shape index (κ1) is 31.0. The first-order valence-electron chi connectivity index (χ1n) is 14.4. The number of hydrogen-bond acceptors (Lipinski definition) is 6. The Hall–Kier alpha value is -6.02. The minimum absolute atomic E-state index is 0. The van der Waals surface area contributed by atoms with Crippen LogP contribution in [0.1, 0.15) is 20.7 Å². The van der Waals surface area contributed by atoms with Crippen molar-refractivity contribution in [1.82, 2.24) is 19.9 Å². The summed E-state index contributed by atoms with van der Waals surface area (Å²) in [4.78, 5) is 41.5. The van der Waals surface area contributed by atoms with Crippen molar-refractivity contribution >= 4 is 55.6 Å². The molecule has 9 heteroatoms. The van der Waals surface area contributed by atoms with Gasteiger partial charge in [-0.3, -0.25) is 0 Å². The Morgan fingerprint density at radius 3 is 1.09 bits per heavy atom. The number of aromatic nitrogens is 4. The van der Waals surface area contributed by atoms with E-state index >= 15 is 0 Å². The van der Waals surface area contributed by atoms with Gasteiger partial charge in [-0.05, 0) is 48.5 Å². The second kappa shape index (κ2) is 13.1. The molecule has 4 heterocycles. The zero-order chi connectivity index (χ0) is 31.6. The predicted molar refractivity (Wildman–Crippen MR) is 179 cm³/mol. The van der Waals surface area contributed by atoms with Gasteiger partial charge in [0.25, 0.3) is 0 Å². The van der Waals surface area contributed by atoms with Gasteiger partial charge in [0.05, 0.1) is 44.6 Å². The van der Waals surface area contributed by atoms with Crippen molar-refractivity contribution in [1.29, 1.82) is 0 Å². The number of hydrogen-bond donors (Lipinski definition) is 2. The van der Waals surface area contributed by atoms with Gasteiger partial charge in [0.15, 0.2) is 0 Å². The van der Waals surface area contributed by atoms with E-state index in [0.717, 1.165) is 43.6 Å². The maximum Gasteiger partial charge on any atom is 0.338 e. The van der Waals surface area contributed by atoms with E-state index in [4.69, 9.17) is 0 Å². The Morgan fingerprint density at radius 1 is 0.404 bits per heavy atom. The minimum Gasteiger partial charge on any atom is -0.478 e. The Bertz CT molecular complexity index is 2290. The topological polar surface area (TPSA) is 126 Å².